The van der Waals surface area contributed by atoms with Gasteiger partial charge in [-0.15, -0.1) is 0 Å². The number of carbonyl (C=O) groups is 4. The van der Waals surface area contributed by atoms with Gasteiger partial charge in [-0.05, 0) is 25.0 Å². The van der Waals surface area contributed by atoms with Crippen molar-refractivity contribution in [2.24, 2.45) is 5.92 Å². The number of amides is 4. The Morgan fingerprint density at radius 2 is 1.43 bits per heavy atom. The SMILES string of the molecule is O=C(CCOc1ccccc1)N1CCCC(C(=O)N2CCN(C(=O)C(=O)N3CCOCC3)CC2)C1. The van der Waals surface area contributed by atoms with E-state index in [1.807, 2.05) is 30.3 Å². The second-order valence-corrected chi connectivity index (χ2v) is 9.11. The number of hydrogen-bond acceptors (Lipinski definition) is 6. The Morgan fingerprint density at radius 1 is 0.800 bits per heavy atom. The van der Waals surface area contributed by atoms with Gasteiger partial charge in [-0.1, -0.05) is 18.2 Å². The molecule has 1 unspecified atom stereocenters. The second kappa shape index (κ2) is 12.0. The van der Waals surface area contributed by atoms with Gasteiger partial charge in [0.05, 0.1) is 32.2 Å². The first-order chi connectivity index (χ1) is 17.0. The molecule has 3 heterocycles. The normalized spacial score (nSPS) is 21.0. The highest BCUT2D eigenvalue weighted by atomic mass is 16.5. The van der Waals surface area contributed by atoms with Crippen molar-refractivity contribution in [3.63, 3.8) is 0 Å². The van der Waals surface area contributed by atoms with Crippen LogP contribution in [0.1, 0.15) is 19.3 Å². The van der Waals surface area contributed by atoms with E-state index in [9.17, 15) is 19.2 Å². The summed E-state index contributed by atoms with van der Waals surface area (Å²) in [5.41, 5.74) is 0. The molecule has 3 aliphatic heterocycles. The predicted octanol–water partition coefficient (Wildman–Crippen LogP) is 0.224. The summed E-state index contributed by atoms with van der Waals surface area (Å²) < 4.78 is 10.9. The molecule has 0 aliphatic carbocycles. The fourth-order valence-electron chi connectivity index (χ4n) is 4.76. The third-order valence-corrected chi connectivity index (χ3v) is 6.81. The number of para-hydroxylation sites is 1. The third kappa shape index (κ3) is 6.50. The van der Waals surface area contributed by atoms with Crippen LogP contribution in [-0.2, 0) is 23.9 Å². The van der Waals surface area contributed by atoms with Gasteiger partial charge in [-0.3, -0.25) is 19.2 Å². The summed E-state index contributed by atoms with van der Waals surface area (Å²) in [6, 6.07) is 9.38. The van der Waals surface area contributed by atoms with Crippen LogP contribution in [0.2, 0.25) is 0 Å². The zero-order valence-corrected chi connectivity index (χ0v) is 20.1. The topological polar surface area (TPSA) is 99.7 Å². The fourth-order valence-corrected chi connectivity index (χ4v) is 4.76. The fraction of sp³-hybridized carbons (Fsp3) is 0.600. The number of piperidine rings is 1. The number of benzene rings is 1. The Labute approximate surface area is 205 Å². The molecule has 0 spiro atoms. The number of morpholine rings is 1. The lowest BCUT2D eigenvalue weighted by atomic mass is 9.96. The maximum atomic E-state index is 13.1. The van der Waals surface area contributed by atoms with Crippen LogP contribution in [-0.4, -0.2) is 115 Å². The first-order valence-electron chi connectivity index (χ1n) is 12.4. The van der Waals surface area contributed by atoms with Crippen molar-refractivity contribution in [2.45, 2.75) is 19.3 Å². The molecule has 0 radical (unpaired) electrons. The van der Waals surface area contributed by atoms with Crippen LogP contribution in [0.5, 0.6) is 5.75 Å². The van der Waals surface area contributed by atoms with Gasteiger partial charge in [-0.2, -0.15) is 0 Å². The molecule has 4 amide bonds. The first kappa shape index (κ1) is 25.0. The van der Waals surface area contributed by atoms with Crippen LogP contribution in [0.4, 0.5) is 0 Å². The molecule has 0 bridgehead atoms. The first-order valence-corrected chi connectivity index (χ1v) is 12.4. The highest BCUT2D eigenvalue weighted by molar-refractivity contribution is 6.34. The monoisotopic (exact) mass is 486 g/mol. The zero-order valence-electron chi connectivity index (χ0n) is 20.1. The Kier molecular flexibility index (Phi) is 8.57. The Bertz CT molecular complexity index is 896. The lowest BCUT2D eigenvalue weighted by molar-refractivity contribution is -0.156. The van der Waals surface area contributed by atoms with Crippen molar-refractivity contribution in [1.29, 1.82) is 0 Å². The molecule has 3 aliphatic rings. The number of carbonyl (C=O) groups excluding carboxylic acids is 4. The van der Waals surface area contributed by atoms with Gasteiger partial charge < -0.3 is 29.1 Å². The van der Waals surface area contributed by atoms with Gasteiger partial charge >= 0.3 is 11.8 Å². The summed E-state index contributed by atoms with van der Waals surface area (Å²) in [4.78, 5) is 57.5. The van der Waals surface area contributed by atoms with Gasteiger partial charge in [0.15, 0.2) is 0 Å². The number of nitrogens with zero attached hydrogens (tertiary/aromatic N) is 4. The molecule has 35 heavy (non-hydrogen) atoms. The Balaban J connectivity index is 1.21. The minimum Gasteiger partial charge on any atom is -0.493 e. The molecule has 3 saturated heterocycles. The van der Waals surface area contributed by atoms with Gasteiger partial charge in [-0.25, -0.2) is 0 Å². The van der Waals surface area contributed by atoms with E-state index in [1.54, 1.807) is 9.80 Å². The largest absolute Gasteiger partial charge is 0.493 e. The molecular formula is C25H34N4O6. The van der Waals surface area contributed by atoms with Crippen molar-refractivity contribution in [3.05, 3.63) is 30.3 Å². The molecule has 0 saturated carbocycles. The maximum Gasteiger partial charge on any atom is 0.312 e. The van der Waals surface area contributed by atoms with Crippen molar-refractivity contribution >= 4 is 23.6 Å². The Hall–Kier alpha value is -3.14. The van der Waals surface area contributed by atoms with Crippen molar-refractivity contribution < 1.29 is 28.7 Å². The molecular weight excluding hydrogens is 452 g/mol. The quantitative estimate of drug-likeness (QED) is 0.553. The van der Waals surface area contributed by atoms with Crippen molar-refractivity contribution in [3.8, 4) is 5.75 Å². The number of likely N-dealkylation sites (tertiary alicyclic amines) is 1. The zero-order chi connectivity index (χ0) is 24.6. The van der Waals surface area contributed by atoms with Crippen molar-refractivity contribution in [2.75, 3.05) is 72.2 Å². The van der Waals surface area contributed by atoms with E-state index in [1.165, 1.54) is 9.80 Å². The van der Waals surface area contributed by atoms with Crippen LogP contribution >= 0.6 is 0 Å². The summed E-state index contributed by atoms with van der Waals surface area (Å²) >= 11 is 0. The standard InChI is InChI=1S/C25H34N4O6/c30-22(8-16-35-21-6-2-1-3-7-21)29-9-4-5-20(19-29)23(31)26-10-12-27(13-11-26)24(32)25(33)28-14-17-34-18-15-28/h1-3,6-7,20H,4-5,8-19H2. The van der Waals surface area contributed by atoms with Crippen LogP contribution in [0.15, 0.2) is 30.3 Å². The molecule has 10 heteroatoms. The van der Waals surface area contributed by atoms with Crippen LogP contribution in [0.25, 0.3) is 0 Å². The van der Waals surface area contributed by atoms with E-state index in [4.69, 9.17) is 9.47 Å². The lowest BCUT2D eigenvalue weighted by Crippen LogP contribution is -2.57. The summed E-state index contributed by atoms with van der Waals surface area (Å²) in [5.74, 6) is -0.488. The summed E-state index contributed by atoms with van der Waals surface area (Å²) in [5, 5.41) is 0. The van der Waals surface area contributed by atoms with Gasteiger partial charge in [0.25, 0.3) is 0 Å². The number of hydrogen-bond donors (Lipinski definition) is 0. The second-order valence-electron chi connectivity index (χ2n) is 9.11. The minimum atomic E-state index is -0.508. The number of rotatable bonds is 5. The average molecular weight is 487 g/mol. The third-order valence-electron chi connectivity index (χ3n) is 6.81. The van der Waals surface area contributed by atoms with Gasteiger partial charge in [0, 0.05) is 52.4 Å². The van der Waals surface area contributed by atoms with Gasteiger partial charge in [0.1, 0.15) is 5.75 Å². The van der Waals surface area contributed by atoms with E-state index in [0.29, 0.717) is 72.2 Å². The number of piperazine rings is 1. The molecule has 190 valence electrons. The van der Waals surface area contributed by atoms with E-state index < -0.39 is 11.8 Å². The summed E-state index contributed by atoms with van der Waals surface area (Å²) in [7, 11) is 0. The predicted molar refractivity (Wildman–Crippen MR) is 126 cm³/mol. The molecule has 4 rings (SSSR count). The van der Waals surface area contributed by atoms with E-state index >= 15 is 0 Å². The van der Waals surface area contributed by atoms with E-state index in [2.05, 4.69) is 0 Å². The highest BCUT2D eigenvalue weighted by Crippen LogP contribution is 2.21. The highest BCUT2D eigenvalue weighted by Gasteiger charge is 2.35. The van der Waals surface area contributed by atoms with Crippen LogP contribution < -0.4 is 4.74 Å². The summed E-state index contributed by atoms with van der Waals surface area (Å²) in [6.07, 6.45) is 1.81. The van der Waals surface area contributed by atoms with Gasteiger partial charge in [0.2, 0.25) is 11.8 Å². The molecule has 0 N–H and O–H groups in total. The number of ether oxygens (including phenoxy) is 2. The minimum absolute atomic E-state index is 0.00419. The molecule has 1 aromatic carbocycles. The van der Waals surface area contributed by atoms with Crippen molar-refractivity contribution in [1.82, 2.24) is 19.6 Å². The summed E-state index contributed by atoms with van der Waals surface area (Å²) in [6.45, 7) is 4.60. The molecule has 10 nitrogen and oxygen atoms in total. The van der Waals surface area contributed by atoms with Crippen LogP contribution in [0.3, 0.4) is 0 Å². The van der Waals surface area contributed by atoms with Crippen LogP contribution in [0, 0.1) is 5.92 Å². The molecule has 1 aromatic rings. The average Bonchev–Trinajstić information content (AvgIpc) is 2.93. The lowest BCUT2D eigenvalue weighted by Gasteiger charge is -2.39. The maximum absolute atomic E-state index is 13.1. The molecule has 1 atom stereocenters. The smallest absolute Gasteiger partial charge is 0.312 e. The molecule has 0 aromatic heterocycles. The Morgan fingerprint density at radius 3 is 2.11 bits per heavy atom. The van der Waals surface area contributed by atoms with E-state index in [-0.39, 0.29) is 24.2 Å². The van der Waals surface area contributed by atoms with E-state index in [0.717, 1.165) is 18.6 Å². The molecule has 3 fully saturated rings.